The number of rotatable bonds is 2. The van der Waals surface area contributed by atoms with Crippen LogP contribution in [0.1, 0.15) is 0 Å². The van der Waals surface area contributed by atoms with Crippen LogP contribution in [0.5, 0.6) is 0 Å². The molecule has 0 bridgehead atoms. The average Bonchev–Trinajstić information content (AvgIpc) is 2.67. The van der Waals surface area contributed by atoms with Crippen molar-refractivity contribution in [1.82, 2.24) is 0 Å². The van der Waals surface area contributed by atoms with Crippen molar-refractivity contribution >= 4 is 56.9 Å². The molecule has 1 heterocycles. The third-order valence-corrected chi connectivity index (χ3v) is 15.1. The normalized spacial score (nSPS) is 25.8. The third-order valence-electron chi connectivity index (χ3n) is 4.74. The van der Waals surface area contributed by atoms with Crippen molar-refractivity contribution < 1.29 is 0 Å². The molecular weight excluding hydrogens is 366 g/mol. The van der Waals surface area contributed by atoms with E-state index in [1.807, 2.05) is 0 Å². The van der Waals surface area contributed by atoms with Gasteiger partial charge in [0, 0.05) is 12.1 Å². The molecule has 4 heteroatoms. The van der Waals surface area contributed by atoms with Gasteiger partial charge in [0.15, 0.2) is 0 Å². The quantitative estimate of drug-likeness (QED) is 0.620. The Balaban J connectivity index is 1.95. The van der Waals surface area contributed by atoms with E-state index in [2.05, 4.69) is 84.9 Å². The standard InChI is InChI=1S/C20H18P2S2/c23-21(17-9-3-1-4-10-17)15-16-22(24,18-11-5-2-6-12-18)20-14-8-7-13-19(20)21/h1-14H,15-16H2/t21-,22+. The Labute approximate surface area is 154 Å². The molecule has 3 aromatic carbocycles. The smallest absolute Gasteiger partial charge is 0.0116 e. The molecule has 0 aromatic heterocycles. The first-order valence-electron chi connectivity index (χ1n) is 8.04. The zero-order chi connectivity index (χ0) is 16.6. The van der Waals surface area contributed by atoms with Crippen LogP contribution < -0.4 is 21.2 Å². The zero-order valence-corrected chi connectivity index (χ0v) is 16.6. The molecule has 1 aliphatic heterocycles. The van der Waals surface area contributed by atoms with E-state index in [-0.39, 0.29) is 0 Å². The van der Waals surface area contributed by atoms with Crippen molar-refractivity contribution in [2.75, 3.05) is 12.3 Å². The molecule has 120 valence electrons. The van der Waals surface area contributed by atoms with Gasteiger partial charge in [-0.2, -0.15) is 0 Å². The van der Waals surface area contributed by atoms with Gasteiger partial charge in [0.1, 0.15) is 0 Å². The molecule has 0 N–H and O–H groups in total. The fraction of sp³-hybridized carbons (Fsp3) is 0.100. The number of hydrogen-bond donors (Lipinski definition) is 0. The minimum absolute atomic E-state index is 1.04. The topological polar surface area (TPSA) is 0 Å². The molecule has 0 nitrogen and oxygen atoms in total. The third kappa shape index (κ3) is 2.57. The summed E-state index contributed by atoms with van der Waals surface area (Å²) in [5.74, 6) is 0. The van der Waals surface area contributed by atoms with Crippen LogP contribution in [0.2, 0.25) is 0 Å². The van der Waals surface area contributed by atoms with Gasteiger partial charge in [0.25, 0.3) is 0 Å². The maximum Gasteiger partial charge on any atom is 0.0116 e. The minimum Gasteiger partial charge on any atom is -0.0876 e. The Morgan fingerprint density at radius 3 is 1.21 bits per heavy atom. The highest BCUT2D eigenvalue weighted by Crippen LogP contribution is 2.56. The summed E-state index contributed by atoms with van der Waals surface area (Å²) < 4.78 is 0. The molecule has 0 radical (unpaired) electrons. The van der Waals surface area contributed by atoms with Crippen molar-refractivity contribution in [2.24, 2.45) is 0 Å². The summed E-state index contributed by atoms with van der Waals surface area (Å²) >= 11 is 12.6. The SMILES string of the molecule is S=[P@@]1(c2ccccc2)CC[P@](=S)(c2ccccc2)c2ccccc21. The van der Waals surface area contributed by atoms with Gasteiger partial charge >= 0.3 is 0 Å². The molecule has 0 saturated carbocycles. The predicted octanol–water partition coefficient (Wildman–Crippen LogP) is 3.56. The molecule has 1 aliphatic rings. The van der Waals surface area contributed by atoms with E-state index >= 15 is 0 Å². The minimum atomic E-state index is -1.76. The Kier molecular flexibility index (Phi) is 4.35. The monoisotopic (exact) mass is 384 g/mol. The first-order chi connectivity index (χ1) is 11.6. The first-order valence-corrected chi connectivity index (χ1v) is 14.0. The van der Waals surface area contributed by atoms with E-state index in [0.29, 0.717) is 0 Å². The van der Waals surface area contributed by atoms with Crippen LogP contribution in [-0.4, -0.2) is 12.3 Å². The maximum atomic E-state index is 6.31. The second-order valence-corrected chi connectivity index (χ2v) is 15.7. The summed E-state index contributed by atoms with van der Waals surface area (Å²) in [5, 5.41) is 5.35. The molecule has 0 unspecified atom stereocenters. The highest BCUT2D eigenvalue weighted by molar-refractivity contribution is 8.27. The summed E-state index contributed by atoms with van der Waals surface area (Å²) in [5.41, 5.74) is 0. The van der Waals surface area contributed by atoms with Gasteiger partial charge in [0.05, 0.1) is 0 Å². The molecule has 0 saturated heterocycles. The first kappa shape index (κ1) is 16.4. The second kappa shape index (κ2) is 6.36. The van der Waals surface area contributed by atoms with Gasteiger partial charge in [-0.05, 0) is 33.5 Å². The largest absolute Gasteiger partial charge is 0.0876 e. The summed E-state index contributed by atoms with van der Waals surface area (Å²) in [6.07, 6.45) is 2.07. The Hall–Kier alpha value is -1.04. The Morgan fingerprint density at radius 2 is 0.833 bits per heavy atom. The lowest BCUT2D eigenvalue weighted by Crippen LogP contribution is -2.39. The van der Waals surface area contributed by atoms with Crippen molar-refractivity contribution in [1.29, 1.82) is 0 Å². The molecule has 24 heavy (non-hydrogen) atoms. The highest BCUT2D eigenvalue weighted by atomic mass is 32.4. The summed E-state index contributed by atoms with van der Waals surface area (Å²) in [6, 6.07) is 26.6. The van der Waals surface area contributed by atoms with E-state index in [0.717, 1.165) is 12.3 Å². The van der Waals surface area contributed by atoms with Crippen molar-refractivity contribution in [3.63, 3.8) is 0 Å². The number of fused-ring (bicyclic) bond motifs is 1. The molecule has 0 amide bonds. The Bertz CT molecular complexity index is 885. The van der Waals surface area contributed by atoms with Crippen molar-refractivity contribution in [2.45, 2.75) is 0 Å². The van der Waals surface area contributed by atoms with Gasteiger partial charge in [-0.1, -0.05) is 109 Å². The van der Waals surface area contributed by atoms with Crippen LogP contribution in [0, 0.1) is 0 Å². The van der Waals surface area contributed by atoms with Crippen LogP contribution in [0.25, 0.3) is 0 Å². The number of hydrogen-bond acceptors (Lipinski definition) is 2. The van der Waals surface area contributed by atoms with Crippen LogP contribution in [0.15, 0.2) is 84.9 Å². The average molecular weight is 384 g/mol. The summed E-state index contributed by atoms with van der Waals surface area (Å²) in [4.78, 5) is 0. The molecule has 0 fully saturated rings. The van der Waals surface area contributed by atoms with Crippen LogP contribution in [0.3, 0.4) is 0 Å². The fourth-order valence-electron chi connectivity index (χ4n) is 3.47. The van der Waals surface area contributed by atoms with Crippen molar-refractivity contribution in [3.8, 4) is 0 Å². The van der Waals surface area contributed by atoms with Gasteiger partial charge < -0.3 is 0 Å². The van der Waals surface area contributed by atoms with Crippen LogP contribution in [-0.2, 0) is 23.6 Å². The van der Waals surface area contributed by atoms with Crippen LogP contribution in [0.4, 0.5) is 0 Å². The van der Waals surface area contributed by atoms with Crippen LogP contribution >= 0.6 is 12.1 Å². The van der Waals surface area contributed by atoms with Gasteiger partial charge in [-0.25, -0.2) is 0 Å². The van der Waals surface area contributed by atoms with E-state index in [9.17, 15) is 0 Å². The second-order valence-electron chi connectivity index (χ2n) is 6.09. The lowest BCUT2D eigenvalue weighted by atomic mass is 10.4. The summed E-state index contributed by atoms with van der Waals surface area (Å²) in [6.45, 7) is 0. The lowest BCUT2D eigenvalue weighted by Gasteiger charge is -2.37. The molecule has 0 aliphatic carbocycles. The molecule has 2 atom stereocenters. The lowest BCUT2D eigenvalue weighted by molar-refractivity contribution is 1.49. The van der Waals surface area contributed by atoms with Gasteiger partial charge in [0.2, 0.25) is 0 Å². The number of benzene rings is 3. The zero-order valence-electron chi connectivity index (χ0n) is 13.2. The molecular formula is C20H18P2S2. The molecule has 0 spiro atoms. The Morgan fingerprint density at radius 1 is 0.500 bits per heavy atom. The van der Waals surface area contributed by atoms with Gasteiger partial charge in [-0.3, -0.25) is 0 Å². The predicted molar refractivity (Wildman–Crippen MR) is 116 cm³/mol. The van der Waals surface area contributed by atoms with E-state index in [4.69, 9.17) is 23.6 Å². The highest BCUT2D eigenvalue weighted by Gasteiger charge is 2.37. The van der Waals surface area contributed by atoms with E-state index < -0.39 is 12.1 Å². The fourth-order valence-corrected chi connectivity index (χ4v) is 14.7. The van der Waals surface area contributed by atoms with E-state index in [1.165, 1.54) is 21.2 Å². The summed E-state index contributed by atoms with van der Waals surface area (Å²) in [7, 11) is 0. The van der Waals surface area contributed by atoms with Crippen molar-refractivity contribution in [3.05, 3.63) is 84.9 Å². The maximum absolute atomic E-state index is 6.31. The molecule has 3 aromatic rings. The van der Waals surface area contributed by atoms with Gasteiger partial charge in [-0.15, -0.1) is 0 Å². The molecule has 4 rings (SSSR count). The van der Waals surface area contributed by atoms with E-state index in [1.54, 1.807) is 0 Å².